The molecule has 0 aliphatic rings. The average molecular weight is 279 g/mol. The lowest BCUT2D eigenvalue weighted by Crippen LogP contribution is -2.16. The molecule has 0 spiro atoms. The maximum absolute atomic E-state index is 12.3. The third-order valence-electron chi connectivity index (χ3n) is 2.88. The Morgan fingerprint density at radius 1 is 1.14 bits per heavy atom. The average Bonchev–Trinajstić information content (AvgIpc) is 3.02. The molecule has 0 bridgehead atoms. The van der Waals surface area contributed by atoms with Crippen molar-refractivity contribution in [1.29, 1.82) is 0 Å². The number of amides is 1. The van der Waals surface area contributed by atoms with E-state index < -0.39 is 0 Å². The lowest BCUT2D eigenvalue weighted by atomic mass is 10.3. The lowest BCUT2D eigenvalue weighted by molar-refractivity contribution is 0.102. The monoisotopic (exact) mass is 279 g/mol. The van der Waals surface area contributed by atoms with Crippen LogP contribution in [0.15, 0.2) is 55.0 Å². The topological polar surface area (TPSA) is 72.7 Å². The van der Waals surface area contributed by atoms with E-state index in [1.807, 2.05) is 13.0 Å². The van der Waals surface area contributed by atoms with E-state index in [0.29, 0.717) is 17.2 Å². The van der Waals surface area contributed by atoms with Gasteiger partial charge in [0.1, 0.15) is 5.69 Å². The van der Waals surface area contributed by atoms with E-state index in [-0.39, 0.29) is 5.91 Å². The summed E-state index contributed by atoms with van der Waals surface area (Å²) in [5.74, 6) is 0.281. The highest BCUT2D eigenvalue weighted by atomic mass is 16.1. The molecule has 104 valence electrons. The number of hydrogen-bond acceptors (Lipinski definition) is 4. The van der Waals surface area contributed by atoms with Crippen LogP contribution in [0.3, 0.4) is 0 Å². The summed E-state index contributed by atoms with van der Waals surface area (Å²) < 4.78 is 1.60. The molecular formula is C15H13N5O. The third kappa shape index (κ3) is 2.79. The highest BCUT2D eigenvalue weighted by Gasteiger charge is 2.12. The summed E-state index contributed by atoms with van der Waals surface area (Å²) in [6.07, 6.45) is 5.07. The van der Waals surface area contributed by atoms with Crippen molar-refractivity contribution in [1.82, 2.24) is 19.7 Å². The van der Waals surface area contributed by atoms with Gasteiger partial charge < -0.3 is 5.32 Å². The Hall–Kier alpha value is -3.02. The summed E-state index contributed by atoms with van der Waals surface area (Å²) in [6, 6.07) is 10.6. The second-order valence-electron chi connectivity index (χ2n) is 4.44. The maximum Gasteiger partial charge on any atom is 0.274 e. The second kappa shape index (κ2) is 5.54. The fraction of sp³-hybridized carbons (Fsp3) is 0.0667. The van der Waals surface area contributed by atoms with Crippen LogP contribution < -0.4 is 5.32 Å². The standard InChI is InChI=1S/C15H13N5O/c1-11-5-2-6-13(18-11)15(21)19-12-7-3-8-16-14(12)20-10-4-9-17-20/h2-10H,1H3,(H,19,21). The summed E-state index contributed by atoms with van der Waals surface area (Å²) in [6.45, 7) is 1.84. The zero-order valence-electron chi connectivity index (χ0n) is 11.4. The van der Waals surface area contributed by atoms with E-state index in [4.69, 9.17) is 0 Å². The van der Waals surface area contributed by atoms with Crippen LogP contribution in [0.5, 0.6) is 0 Å². The number of carbonyl (C=O) groups excluding carboxylic acids is 1. The molecule has 3 aromatic rings. The number of nitrogens with one attached hydrogen (secondary N) is 1. The Morgan fingerprint density at radius 2 is 2.05 bits per heavy atom. The molecule has 6 heteroatoms. The van der Waals surface area contributed by atoms with Gasteiger partial charge in [-0.25, -0.2) is 14.6 Å². The van der Waals surface area contributed by atoms with Crippen LogP contribution in [-0.2, 0) is 0 Å². The van der Waals surface area contributed by atoms with E-state index in [2.05, 4.69) is 20.4 Å². The van der Waals surface area contributed by atoms with Crippen LogP contribution in [0.25, 0.3) is 5.82 Å². The van der Waals surface area contributed by atoms with Crippen LogP contribution in [0.4, 0.5) is 5.69 Å². The number of anilines is 1. The summed E-state index contributed by atoms with van der Waals surface area (Å²) in [7, 11) is 0. The van der Waals surface area contributed by atoms with Gasteiger partial charge in [-0.05, 0) is 37.3 Å². The van der Waals surface area contributed by atoms with Gasteiger partial charge in [0.15, 0.2) is 5.82 Å². The van der Waals surface area contributed by atoms with Gasteiger partial charge in [-0.15, -0.1) is 0 Å². The lowest BCUT2D eigenvalue weighted by Gasteiger charge is -2.09. The Morgan fingerprint density at radius 3 is 2.81 bits per heavy atom. The minimum Gasteiger partial charge on any atom is -0.317 e. The minimum absolute atomic E-state index is 0.278. The molecule has 21 heavy (non-hydrogen) atoms. The maximum atomic E-state index is 12.3. The molecule has 6 nitrogen and oxygen atoms in total. The molecule has 0 aliphatic carbocycles. The summed E-state index contributed by atoms with van der Waals surface area (Å²) in [5.41, 5.74) is 1.74. The van der Waals surface area contributed by atoms with Gasteiger partial charge in [0.05, 0.1) is 5.69 Å². The predicted molar refractivity (Wildman–Crippen MR) is 78.3 cm³/mol. The number of carbonyl (C=O) groups is 1. The number of aromatic nitrogens is 4. The zero-order chi connectivity index (χ0) is 14.7. The summed E-state index contributed by atoms with van der Waals surface area (Å²) in [5, 5.41) is 6.95. The molecule has 0 radical (unpaired) electrons. The summed E-state index contributed by atoms with van der Waals surface area (Å²) >= 11 is 0. The van der Waals surface area contributed by atoms with Crippen LogP contribution in [0.2, 0.25) is 0 Å². The Balaban J connectivity index is 1.90. The molecule has 1 amide bonds. The van der Waals surface area contributed by atoms with Gasteiger partial charge in [0, 0.05) is 24.3 Å². The minimum atomic E-state index is -0.278. The molecule has 0 saturated carbocycles. The zero-order valence-corrected chi connectivity index (χ0v) is 11.4. The number of pyridine rings is 2. The highest BCUT2D eigenvalue weighted by Crippen LogP contribution is 2.16. The van der Waals surface area contributed by atoms with E-state index in [9.17, 15) is 4.79 Å². The molecule has 0 aliphatic heterocycles. The molecule has 0 aromatic carbocycles. The molecule has 0 fully saturated rings. The van der Waals surface area contributed by atoms with Crippen molar-refractivity contribution >= 4 is 11.6 Å². The number of hydrogen-bond donors (Lipinski definition) is 1. The fourth-order valence-corrected chi connectivity index (χ4v) is 1.93. The molecule has 3 rings (SSSR count). The van der Waals surface area contributed by atoms with Crippen molar-refractivity contribution in [2.75, 3.05) is 5.32 Å². The Bertz CT molecular complexity index is 767. The van der Waals surface area contributed by atoms with E-state index in [1.165, 1.54) is 0 Å². The van der Waals surface area contributed by atoms with E-state index in [1.54, 1.807) is 53.6 Å². The number of rotatable bonds is 3. The van der Waals surface area contributed by atoms with Crippen molar-refractivity contribution in [3.05, 3.63) is 66.4 Å². The van der Waals surface area contributed by atoms with Crippen LogP contribution in [-0.4, -0.2) is 25.7 Å². The molecule has 0 atom stereocenters. The van der Waals surface area contributed by atoms with Crippen molar-refractivity contribution in [3.8, 4) is 5.82 Å². The van der Waals surface area contributed by atoms with Gasteiger partial charge >= 0.3 is 0 Å². The second-order valence-corrected chi connectivity index (χ2v) is 4.44. The predicted octanol–water partition coefficient (Wildman–Crippen LogP) is 2.22. The van der Waals surface area contributed by atoms with Crippen molar-refractivity contribution < 1.29 is 4.79 Å². The molecule has 1 N–H and O–H groups in total. The SMILES string of the molecule is Cc1cccc(C(=O)Nc2cccnc2-n2cccn2)n1. The first-order chi connectivity index (χ1) is 10.2. The van der Waals surface area contributed by atoms with Crippen molar-refractivity contribution in [2.45, 2.75) is 6.92 Å². The number of aryl methyl sites for hydroxylation is 1. The molecule has 0 unspecified atom stereocenters. The Labute approximate surface area is 121 Å². The van der Waals surface area contributed by atoms with Crippen LogP contribution >= 0.6 is 0 Å². The van der Waals surface area contributed by atoms with Gasteiger partial charge in [-0.2, -0.15) is 5.10 Å². The van der Waals surface area contributed by atoms with Crippen molar-refractivity contribution in [2.24, 2.45) is 0 Å². The number of nitrogens with zero attached hydrogens (tertiary/aromatic N) is 4. The van der Waals surface area contributed by atoms with Crippen LogP contribution in [0.1, 0.15) is 16.2 Å². The molecule has 3 aromatic heterocycles. The van der Waals surface area contributed by atoms with Gasteiger partial charge in [-0.1, -0.05) is 6.07 Å². The Kier molecular flexibility index (Phi) is 3.42. The fourth-order valence-electron chi connectivity index (χ4n) is 1.93. The largest absolute Gasteiger partial charge is 0.317 e. The van der Waals surface area contributed by atoms with Gasteiger partial charge in [-0.3, -0.25) is 4.79 Å². The highest BCUT2D eigenvalue weighted by molar-refractivity contribution is 6.03. The third-order valence-corrected chi connectivity index (χ3v) is 2.88. The van der Waals surface area contributed by atoms with Crippen LogP contribution in [0, 0.1) is 6.92 Å². The quantitative estimate of drug-likeness (QED) is 0.798. The summed E-state index contributed by atoms with van der Waals surface area (Å²) in [4.78, 5) is 20.7. The van der Waals surface area contributed by atoms with E-state index >= 15 is 0 Å². The van der Waals surface area contributed by atoms with Crippen molar-refractivity contribution in [3.63, 3.8) is 0 Å². The first-order valence-electron chi connectivity index (χ1n) is 6.44. The smallest absolute Gasteiger partial charge is 0.274 e. The molecular weight excluding hydrogens is 266 g/mol. The first kappa shape index (κ1) is 13.0. The first-order valence-corrected chi connectivity index (χ1v) is 6.44. The molecule has 0 saturated heterocycles. The van der Waals surface area contributed by atoms with Gasteiger partial charge in [0.2, 0.25) is 0 Å². The normalized spacial score (nSPS) is 10.3. The van der Waals surface area contributed by atoms with Gasteiger partial charge in [0.25, 0.3) is 5.91 Å². The van der Waals surface area contributed by atoms with E-state index in [0.717, 1.165) is 5.69 Å². The molecule has 3 heterocycles.